The molecule has 28 heavy (non-hydrogen) atoms. The Morgan fingerprint density at radius 1 is 0.893 bits per heavy atom. The van der Waals surface area contributed by atoms with E-state index >= 15 is 0 Å². The largest absolute Gasteiger partial charge is 0.497 e. The van der Waals surface area contributed by atoms with Gasteiger partial charge in [-0.1, -0.05) is 60.7 Å². The fourth-order valence-electron chi connectivity index (χ4n) is 3.08. The van der Waals surface area contributed by atoms with Crippen LogP contribution in [0.2, 0.25) is 0 Å². The minimum absolute atomic E-state index is 0.0164. The van der Waals surface area contributed by atoms with Gasteiger partial charge in [0.1, 0.15) is 5.75 Å². The second kappa shape index (κ2) is 10.2. The van der Waals surface area contributed by atoms with E-state index in [1.54, 1.807) is 7.11 Å². The van der Waals surface area contributed by atoms with Gasteiger partial charge in [-0.3, -0.25) is 4.79 Å². The highest BCUT2D eigenvalue weighted by Crippen LogP contribution is 2.16. The molecule has 3 aromatic rings. The average Bonchev–Trinajstić information content (AvgIpc) is 2.75. The molecule has 0 heterocycles. The summed E-state index contributed by atoms with van der Waals surface area (Å²) in [7, 11) is 1.66. The van der Waals surface area contributed by atoms with Gasteiger partial charge in [-0.25, -0.2) is 0 Å². The van der Waals surface area contributed by atoms with Crippen molar-refractivity contribution in [3.8, 4) is 5.75 Å². The van der Waals surface area contributed by atoms with E-state index in [9.17, 15) is 4.79 Å². The second-order valence-electron chi connectivity index (χ2n) is 6.63. The lowest BCUT2D eigenvalue weighted by Gasteiger charge is -2.24. The molecular weight excluding hydrogens is 348 g/mol. The average molecular weight is 374 g/mol. The number of amides is 1. The zero-order chi connectivity index (χ0) is 19.6. The molecule has 1 amide bonds. The first-order valence-corrected chi connectivity index (χ1v) is 9.48. The Morgan fingerprint density at radius 2 is 1.57 bits per heavy atom. The van der Waals surface area contributed by atoms with Crippen molar-refractivity contribution in [1.29, 1.82) is 0 Å². The summed E-state index contributed by atoms with van der Waals surface area (Å²) in [5, 5.41) is 3.03. The number of ether oxygens (including phenoxy) is 1. The Balaban J connectivity index is 1.57. The van der Waals surface area contributed by atoms with Gasteiger partial charge in [-0.05, 0) is 41.8 Å². The van der Waals surface area contributed by atoms with Gasteiger partial charge in [0, 0.05) is 18.8 Å². The van der Waals surface area contributed by atoms with Crippen molar-refractivity contribution in [1.82, 2.24) is 5.32 Å². The molecule has 0 aliphatic rings. The number of nitrogens with one attached hydrogen (secondary N) is 1. The third kappa shape index (κ3) is 5.88. The molecule has 0 spiro atoms. The molecule has 0 radical (unpaired) electrons. The van der Waals surface area contributed by atoms with Crippen LogP contribution in [-0.2, 0) is 17.8 Å². The van der Waals surface area contributed by atoms with Gasteiger partial charge >= 0.3 is 0 Å². The van der Waals surface area contributed by atoms with Crippen molar-refractivity contribution in [2.24, 2.45) is 0 Å². The molecule has 0 aromatic heterocycles. The van der Waals surface area contributed by atoms with Crippen LogP contribution in [0.5, 0.6) is 5.75 Å². The first-order valence-electron chi connectivity index (χ1n) is 9.48. The van der Waals surface area contributed by atoms with Crippen molar-refractivity contribution in [2.75, 3.05) is 25.1 Å². The van der Waals surface area contributed by atoms with Gasteiger partial charge in [0.15, 0.2) is 0 Å². The lowest BCUT2D eigenvalue weighted by atomic mass is 10.1. The van der Waals surface area contributed by atoms with Crippen LogP contribution in [0.25, 0.3) is 0 Å². The molecule has 0 saturated heterocycles. The first-order chi connectivity index (χ1) is 13.7. The third-order valence-corrected chi connectivity index (χ3v) is 4.54. The number of benzene rings is 3. The number of carbonyl (C=O) groups is 1. The van der Waals surface area contributed by atoms with Gasteiger partial charge < -0.3 is 15.0 Å². The number of rotatable bonds is 9. The molecule has 4 nitrogen and oxygen atoms in total. The molecule has 4 heteroatoms. The number of hydrogen-bond donors (Lipinski definition) is 1. The fourth-order valence-corrected chi connectivity index (χ4v) is 3.08. The van der Waals surface area contributed by atoms with Crippen LogP contribution in [0.1, 0.15) is 11.1 Å². The normalized spacial score (nSPS) is 10.3. The summed E-state index contributed by atoms with van der Waals surface area (Å²) in [4.78, 5) is 14.6. The van der Waals surface area contributed by atoms with E-state index < -0.39 is 0 Å². The maximum absolute atomic E-state index is 12.6. The molecule has 0 fully saturated rings. The Labute approximate surface area is 166 Å². The topological polar surface area (TPSA) is 41.6 Å². The molecule has 0 aliphatic heterocycles. The molecule has 0 unspecified atom stereocenters. The summed E-state index contributed by atoms with van der Waals surface area (Å²) in [6, 6.07) is 28.2. The number of anilines is 1. The van der Waals surface area contributed by atoms with Crippen LogP contribution < -0.4 is 15.0 Å². The predicted octanol–water partition coefficient (Wildman–Crippen LogP) is 4.06. The van der Waals surface area contributed by atoms with Gasteiger partial charge in [-0.15, -0.1) is 0 Å². The van der Waals surface area contributed by atoms with E-state index in [4.69, 9.17) is 4.74 Å². The molecule has 0 saturated carbocycles. The number of para-hydroxylation sites is 1. The van der Waals surface area contributed by atoms with Crippen LogP contribution in [-0.4, -0.2) is 26.1 Å². The Morgan fingerprint density at radius 3 is 2.29 bits per heavy atom. The Kier molecular flexibility index (Phi) is 7.08. The molecule has 0 bridgehead atoms. The van der Waals surface area contributed by atoms with Gasteiger partial charge in [0.05, 0.1) is 13.7 Å². The van der Waals surface area contributed by atoms with Crippen LogP contribution in [0.15, 0.2) is 84.9 Å². The molecule has 144 valence electrons. The molecule has 1 N–H and O–H groups in total. The van der Waals surface area contributed by atoms with Crippen molar-refractivity contribution < 1.29 is 9.53 Å². The fraction of sp³-hybridized carbons (Fsp3) is 0.208. The quantitative estimate of drug-likeness (QED) is 0.614. The van der Waals surface area contributed by atoms with Crippen LogP contribution in [0.3, 0.4) is 0 Å². The van der Waals surface area contributed by atoms with Crippen LogP contribution >= 0.6 is 0 Å². The number of methoxy groups -OCH3 is 1. The number of carbonyl (C=O) groups excluding carboxylic acids is 1. The van der Waals surface area contributed by atoms with Crippen molar-refractivity contribution in [3.05, 3.63) is 96.1 Å². The third-order valence-electron chi connectivity index (χ3n) is 4.54. The van der Waals surface area contributed by atoms with E-state index in [0.717, 1.165) is 23.4 Å². The van der Waals surface area contributed by atoms with E-state index in [-0.39, 0.29) is 5.91 Å². The first kappa shape index (κ1) is 19.5. The SMILES string of the molecule is COc1cccc(CCNC(=O)CN(Cc2ccccc2)c2ccccc2)c1. The zero-order valence-corrected chi connectivity index (χ0v) is 16.2. The van der Waals surface area contributed by atoms with Gasteiger partial charge in [-0.2, -0.15) is 0 Å². The minimum atomic E-state index is 0.0164. The maximum Gasteiger partial charge on any atom is 0.239 e. The van der Waals surface area contributed by atoms with E-state index in [2.05, 4.69) is 22.3 Å². The summed E-state index contributed by atoms with van der Waals surface area (Å²) in [6.45, 7) is 1.60. The van der Waals surface area contributed by atoms with Gasteiger partial charge in [0.2, 0.25) is 5.91 Å². The molecule has 3 aromatic carbocycles. The summed E-state index contributed by atoms with van der Waals surface area (Å²) in [5.41, 5.74) is 3.36. The smallest absolute Gasteiger partial charge is 0.239 e. The maximum atomic E-state index is 12.6. The second-order valence-corrected chi connectivity index (χ2v) is 6.63. The predicted molar refractivity (Wildman–Crippen MR) is 114 cm³/mol. The summed E-state index contributed by atoms with van der Waals surface area (Å²) in [5.74, 6) is 0.852. The zero-order valence-electron chi connectivity index (χ0n) is 16.2. The van der Waals surface area contributed by atoms with Crippen LogP contribution in [0, 0.1) is 0 Å². The molecule has 3 rings (SSSR count). The molecular formula is C24H26N2O2. The highest BCUT2D eigenvalue weighted by atomic mass is 16.5. The molecule has 0 aliphatic carbocycles. The van der Waals surface area contributed by atoms with E-state index in [1.807, 2.05) is 72.8 Å². The van der Waals surface area contributed by atoms with Gasteiger partial charge in [0.25, 0.3) is 0 Å². The standard InChI is InChI=1S/C24H26N2O2/c1-28-23-14-8-11-20(17-23)15-16-25-24(27)19-26(22-12-6-3-7-13-22)18-21-9-4-2-5-10-21/h2-14,17H,15-16,18-19H2,1H3,(H,25,27). The monoisotopic (exact) mass is 374 g/mol. The lowest BCUT2D eigenvalue weighted by molar-refractivity contribution is -0.119. The molecule has 0 atom stereocenters. The van der Waals surface area contributed by atoms with Crippen LogP contribution in [0.4, 0.5) is 5.69 Å². The van der Waals surface area contributed by atoms with Crippen molar-refractivity contribution in [3.63, 3.8) is 0 Å². The minimum Gasteiger partial charge on any atom is -0.497 e. The van der Waals surface area contributed by atoms with E-state index in [0.29, 0.717) is 19.6 Å². The van der Waals surface area contributed by atoms with Crippen molar-refractivity contribution in [2.45, 2.75) is 13.0 Å². The number of hydrogen-bond acceptors (Lipinski definition) is 3. The lowest BCUT2D eigenvalue weighted by Crippen LogP contribution is -2.37. The number of nitrogens with zero attached hydrogens (tertiary/aromatic N) is 1. The highest BCUT2D eigenvalue weighted by Gasteiger charge is 2.12. The summed E-state index contributed by atoms with van der Waals surface area (Å²) in [6.07, 6.45) is 0.771. The summed E-state index contributed by atoms with van der Waals surface area (Å²) < 4.78 is 5.25. The highest BCUT2D eigenvalue weighted by molar-refractivity contribution is 5.81. The Hall–Kier alpha value is -3.27. The van der Waals surface area contributed by atoms with E-state index in [1.165, 1.54) is 5.56 Å². The van der Waals surface area contributed by atoms with Crippen molar-refractivity contribution >= 4 is 11.6 Å². The Bertz CT molecular complexity index is 866. The summed E-state index contributed by atoms with van der Waals surface area (Å²) >= 11 is 0.